The average molecular weight is 999 g/mol. The minimum Gasteiger partial charge on any atom is -0.497 e. The first-order valence-electron chi connectivity index (χ1n) is 22.5. The number of rotatable bonds is 7. The third-order valence-electron chi connectivity index (χ3n) is 11.4. The maximum absolute atomic E-state index is 7.23. The Morgan fingerprint density at radius 3 is 1.98 bits per heavy atom. The van der Waals surface area contributed by atoms with Crippen LogP contribution in [0.2, 0.25) is 0 Å². The van der Waals surface area contributed by atoms with Crippen LogP contribution >= 0.6 is 0 Å². The summed E-state index contributed by atoms with van der Waals surface area (Å²) in [5, 5.41) is 3.02. The first kappa shape index (κ1) is 37.9. The molecule has 0 saturated carbocycles. The molecule has 0 bridgehead atoms. The van der Waals surface area contributed by atoms with Gasteiger partial charge in [-0.05, 0) is 82.5 Å². The Hall–Kier alpha value is -6.85. The van der Waals surface area contributed by atoms with Crippen molar-refractivity contribution >= 4 is 43.9 Å². The standard InChI is InChI=1S/C45H35N2O2.C12H10N.Ir/c1-27(2)36-24-32(29-14-7-5-8-15-29)25-37(28(3)4)41(36)47-39-21-12-11-20-38(39)46-45(47)35-19-13-18-33-34-23-22-31-26-40(30-16-9-6-10-17-30)48-42(31)44(34)49-43(33)35;1-10-7-8-12(13-9-10)11-5-3-2-4-6-11;/h5-18,20-28H,1-4H3;2-5,7-9H,1H3;/q2*-1;/i;1D3;. The molecular formula is C57H45IrN3O2-2. The summed E-state index contributed by atoms with van der Waals surface area (Å²) >= 11 is 0. The zero-order chi connectivity index (χ0) is 44.8. The van der Waals surface area contributed by atoms with Crippen LogP contribution in [0.4, 0.5) is 0 Å². The van der Waals surface area contributed by atoms with Gasteiger partial charge >= 0.3 is 0 Å². The predicted molar refractivity (Wildman–Crippen MR) is 255 cm³/mol. The van der Waals surface area contributed by atoms with Crippen molar-refractivity contribution in [2.24, 2.45) is 0 Å². The van der Waals surface area contributed by atoms with Gasteiger partial charge in [0.15, 0.2) is 11.2 Å². The second-order valence-corrected chi connectivity index (χ2v) is 16.2. The number of fused-ring (bicyclic) bond motifs is 6. The SMILES string of the molecule is CC(C)c1cc(-c2ccccc2)cc(C(C)C)c1-n1c(-c2[c-]ccc3c2oc2c3ccc3cc(-c4ccccc4)oc32)nc2ccccc21.[2H]C([2H])([2H])c1ccc(-c2[c-]cccc2)nc1.[Ir]. The van der Waals surface area contributed by atoms with E-state index in [1.807, 2.05) is 42.5 Å². The van der Waals surface area contributed by atoms with Crippen molar-refractivity contribution in [3.63, 3.8) is 0 Å². The van der Waals surface area contributed by atoms with Gasteiger partial charge in [-0.2, -0.15) is 0 Å². The van der Waals surface area contributed by atoms with E-state index in [0.717, 1.165) is 77.9 Å². The summed E-state index contributed by atoms with van der Waals surface area (Å²) in [4.78, 5) is 9.44. The molecule has 63 heavy (non-hydrogen) atoms. The van der Waals surface area contributed by atoms with E-state index in [4.69, 9.17) is 17.9 Å². The molecule has 7 aromatic carbocycles. The van der Waals surface area contributed by atoms with Gasteiger partial charge in [0.1, 0.15) is 5.76 Å². The monoisotopic (exact) mass is 999 g/mol. The van der Waals surface area contributed by atoms with E-state index in [0.29, 0.717) is 0 Å². The number of para-hydroxylation sites is 2. The van der Waals surface area contributed by atoms with E-state index in [1.165, 1.54) is 34.1 Å². The van der Waals surface area contributed by atoms with Gasteiger partial charge in [-0.15, -0.1) is 54.1 Å². The van der Waals surface area contributed by atoms with Crippen molar-refractivity contribution in [3.05, 3.63) is 199 Å². The van der Waals surface area contributed by atoms with Crippen molar-refractivity contribution < 1.29 is 33.1 Å². The number of hydrogen-bond donors (Lipinski definition) is 0. The number of aryl methyl sites for hydroxylation is 1. The predicted octanol–water partition coefficient (Wildman–Crippen LogP) is 15.6. The molecule has 0 aliphatic heterocycles. The van der Waals surface area contributed by atoms with Gasteiger partial charge < -0.3 is 18.4 Å². The maximum Gasteiger partial charge on any atom is 0.176 e. The topological polar surface area (TPSA) is 57.0 Å². The molecule has 0 spiro atoms. The van der Waals surface area contributed by atoms with E-state index in [1.54, 1.807) is 18.2 Å². The molecule has 4 aromatic heterocycles. The molecule has 0 unspecified atom stereocenters. The van der Waals surface area contributed by atoms with Crippen LogP contribution in [0.3, 0.4) is 0 Å². The normalized spacial score (nSPS) is 12.3. The number of imidazole rings is 1. The minimum absolute atomic E-state index is 0. The van der Waals surface area contributed by atoms with Crippen LogP contribution in [0.5, 0.6) is 0 Å². The number of hydrogen-bond acceptors (Lipinski definition) is 4. The largest absolute Gasteiger partial charge is 0.497 e. The second kappa shape index (κ2) is 17.5. The summed E-state index contributed by atoms with van der Waals surface area (Å²) in [6.07, 6.45) is 1.39. The molecule has 5 nitrogen and oxygen atoms in total. The Bertz CT molecular complexity index is 3440. The Balaban J connectivity index is 0.000000273. The van der Waals surface area contributed by atoms with E-state index < -0.39 is 6.85 Å². The van der Waals surface area contributed by atoms with Crippen LogP contribution in [0.15, 0.2) is 179 Å². The maximum atomic E-state index is 7.23. The van der Waals surface area contributed by atoms with Crippen molar-refractivity contribution in [1.82, 2.24) is 14.5 Å². The van der Waals surface area contributed by atoms with Gasteiger partial charge in [-0.1, -0.05) is 136 Å². The average Bonchev–Trinajstić information content (AvgIpc) is 4.06. The molecule has 6 heteroatoms. The van der Waals surface area contributed by atoms with Crippen LogP contribution in [0.25, 0.3) is 94.7 Å². The summed E-state index contributed by atoms with van der Waals surface area (Å²) in [5.41, 5.74) is 14.1. The summed E-state index contributed by atoms with van der Waals surface area (Å²) < 4.78 is 37.4. The summed E-state index contributed by atoms with van der Waals surface area (Å²) in [6.45, 7) is 7.02. The minimum atomic E-state index is -2.09. The Labute approximate surface area is 385 Å². The van der Waals surface area contributed by atoms with Gasteiger partial charge in [-0.3, -0.25) is 4.98 Å². The van der Waals surface area contributed by atoms with Gasteiger partial charge in [-0.25, -0.2) is 0 Å². The van der Waals surface area contributed by atoms with Gasteiger partial charge in [0.25, 0.3) is 0 Å². The summed E-state index contributed by atoms with van der Waals surface area (Å²) in [6, 6.07) is 61.8. The zero-order valence-corrected chi connectivity index (χ0v) is 37.7. The summed E-state index contributed by atoms with van der Waals surface area (Å²) in [7, 11) is 0. The second-order valence-electron chi connectivity index (χ2n) is 16.2. The van der Waals surface area contributed by atoms with Crippen molar-refractivity contribution in [2.75, 3.05) is 0 Å². The number of pyridine rings is 1. The van der Waals surface area contributed by atoms with Crippen molar-refractivity contribution in [3.8, 4) is 50.8 Å². The zero-order valence-electron chi connectivity index (χ0n) is 38.3. The Kier molecular flexibility index (Phi) is 10.5. The number of benzene rings is 7. The molecule has 0 amide bonds. The van der Waals surface area contributed by atoms with E-state index in [-0.39, 0.29) is 37.5 Å². The molecule has 0 fully saturated rings. The quantitative estimate of drug-likeness (QED) is 0.149. The van der Waals surface area contributed by atoms with Crippen molar-refractivity contribution in [2.45, 2.75) is 46.4 Å². The van der Waals surface area contributed by atoms with E-state index in [9.17, 15) is 0 Å². The number of aromatic nitrogens is 3. The van der Waals surface area contributed by atoms with Crippen LogP contribution < -0.4 is 0 Å². The fourth-order valence-corrected chi connectivity index (χ4v) is 8.35. The van der Waals surface area contributed by atoms with Crippen LogP contribution in [-0.2, 0) is 20.1 Å². The van der Waals surface area contributed by atoms with E-state index >= 15 is 0 Å². The molecule has 0 aliphatic carbocycles. The number of nitrogens with zero attached hydrogens (tertiary/aromatic N) is 3. The van der Waals surface area contributed by atoms with Crippen LogP contribution in [0.1, 0.15) is 60.3 Å². The fourth-order valence-electron chi connectivity index (χ4n) is 8.35. The molecule has 11 rings (SSSR count). The fraction of sp³-hybridized carbons (Fsp3) is 0.123. The molecule has 1 radical (unpaired) electrons. The Morgan fingerprint density at radius 1 is 0.603 bits per heavy atom. The molecule has 0 aliphatic rings. The summed E-state index contributed by atoms with van der Waals surface area (Å²) in [5.74, 6) is 2.16. The van der Waals surface area contributed by atoms with Gasteiger partial charge in [0, 0.05) is 52.4 Å². The molecule has 0 N–H and O–H groups in total. The molecule has 11 aromatic rings. The molecule has 0 saturated heterocycles. The van der Waals surface area contributed by atoms with Crippen molar-refractivity contribution in [1.29, 1.82) is 0 Å². The first-order chi connectivity index (χ1) is 31.5. The molecule has 4 heterocycles. The Morgan fingerprint density at radius 2 is 1.30 bits per heavy atom. The third kappa shape index (κ3) is 7.82. The molecular weight excluding hydrogens is 951 g/mol. The third-order valence-corrected chi connectivity index (χ3v) is 11.4. The van der Waals surface area contributed by atoms with Crippen LogP contribution in [0, 0.1) is 19.0 Å². The smallest absolute Gasteiger partial charge is 0.176 e. The first-order valence-corrected chi connectivity index (χ1v) is 21.0. The molecule has 0 atom stereocenters. The van der Waals surface area contributed by atoms with Gasteiger partial charge in [0.2, 0.25) is 0 Å². The van der Waals surface area contributed by atoms with Gasteiger partial charge in [0.05, 0.1) is 22.4 Å². The number of furan rings is 2. The molecule has 311 valence electrons. The van der Waals surface area contributed by atoms with E-state index in [2.05, 4.69) is 153 Å². The van der Waals surface area contributed by atoms with Crippen LogP contribution in [-0.4, -0.2) is 14.5 Å².